The molecule has 0 amide bonds. The van der Waals surface area contributed by atoms with E-state index in [1.165, 1.54) is 0 Å². The summed E-state index contributed by atoms with van der Waals surface area (Å²) >= 11 is 0. The van der Waals surface area contributed by atoms with E-state index in [0.29, 0.717) is 5.56 Å². The molecule has 0 heterocycles. The van der Waals surface area contributed by atoms with Crippen LogP contribution in [0.2, 0.25) is 0 Å². The molecule has 0 fully saturated rings. The normalized spacial score (nSPS) is 9.14. The first kappa shape index (κ1) is 15.9. The molecule has 0 aliphatic rings. The number of hydrogen-bond donors (Lipinski definition) is 0. The molecule has 0 bridgehead atoms. The minimum Gasteiger partial charge on any atom is -0.355 e. The summed E-state index contributed by atoms with van der Waals surface area (Å²) in [7, 11) is 0. The predicted molar refractivity (Wildman–Crippen MR) is 55.5 cm³/mol. The van der Waals surface area contributed by atoms with Crippen LogP contribution in [0.25, 0.3) is 0 Å². The molecular formula is C12H16CuO. The van der Waals surface area contributed by atoms with E-state index >= 15 is 0 Å². The van der Waals surface area contributed by atoms with Gasteiger partial charge in [0, 0.05) is 0 Å². The van der Waals surface area contributed by atoms with Crippen molar-refractivity contribution in [2.24, 2.45) is 5.41 Å². The third-order valence-electron chi connectivity index (χ3n) is 0.860. The third kappa shape index (κ3) is 14.0. The van der Waals surface area contributed by atoms with Crippen molar-refractivity contribution in [1.82, 2.24) is 0 Å². The molecule has 0 aromatic heterocycles. The molecule has 0 aliphatic heterocycles. The predicted octanol–water partition coefficient (Wildman–Crippen LogP) is 3.16. The smallest absolute Gasteiger partial charge is 0.355 e. The van der Waals surface area contributed by atoms with Gasteiger partial charge in [-0.15, -0.1) is 35.9 Å². The second-order valence-electron chi connectivity index (χ2n) is 4.00. The van der Waals surface area contributed by atoms with Gasteiger partial charge in [-0.05, 0) is 0 Å². The average Bonchev–Trinajstić information content (AvgIpc) is 2.03. The van der Waals surface area contributed by atoms with Gasteiger partial charge in [0.05, 0.1) is 6.29 Å². The molecule has 2 heteroatoms. The van der Waals surface area contributed by atoms with Gasteiger partial charge in [-0.2, -0.15) is 5.41 Å². The summed E-state index contributed by atoms with van der Waals surface area (Å²) in [6, 6.07) is 9.81. The van der Waals surface area contributed by atoms with Crippen molar-refractivity contribution in [3.05, 3.63) is 42.8 Å². The van der Waals surface area contributed by atoms with Gasteiger partial charge in [-0.1, -0.05) is 20.8 Å². The van der Waals surface area contributed by atoms with E-state index in [-0.39, 0.29) is 22.5 Å². The van der Waals surface area contributed by atoms with Gasteiger partial charge in [0.25, 0.3) is 0 Å². The average molecular weight is 240 g/mol. The molecule has 0 saturated heterocycles. The standard InChI is InChI=1S/C7H5O.C5H11.Cu/c8-6-7-4-2-1-3-5-7;1-5(2,3)4;/h1-4,6H;1H2,2-4H3;/q2*-1;+2. The number of aldehydes is 1. The fourth-order valence-corrected chi connectivity index (χ4v) is 0.481. The van der Waals surface area contributed by atoms with Crippen LogP contribution in [0.1, 0.15) is 31.1 Å². The summed E-state index contributed by atoms with van der Waals surface area (Å²) in [5.74, 6) is 0. The molecule has 0 saturated carbocycles. The number of carbonyl (C=O) groups is 1. The molecule has 0 unspecified atom stereocenters. The Kier molecular flexibility index (Phi) is 8.82. The Bertz CT molecular complexity index is 230. The molecule has 81 valence electrons. The zero-order valence-corrected chi connectivity index (χ0v) is 9.75. The van der Waals surface area contributed by atoms with E-state index in [1.54, 1.807) is 18.2 Å². The fraction of sp³-hybridized carbons (Fsp3) is 0.333. The van der Waals surface area contributed by atoms with Gasteiger partial charge in [-0.25, -0.2) is 0 Å². The van der Waals surface area contributed by atoms with E-state index in [1.807, 2.05) is 6.07 Å². The summed E-state index contributed by atoms with van der Waals surface area (Å²) in [5.41, 5.74) is 0.854. The van der Waals surface area contributed by atoms with Gasteiger partial charge in [-0.3, -0.25) is 0 Å². The molecule has 0 atom stereocenters. The minimum atomic E-state index is 0. The van der Waals surface area contributed by atoms with Crippen LogP contribution in [0.5, 0.6) is 0 Å². The van der Waals surface area contributed by atoms with Crippen LogP contribution in [0.4, 0.5) is 0 Å². The molecule has 1 radical (unpaired) electrons. The van der Waals surface area contributed by atoms with Crippen molar-refractivity contribution >= 4 is 6.29 Å². The molecule has 1 aromatic carbocycles. The quantitative estimate of drug-likeness (QED) is 0.418. The molecule has 0 spiro atoms. The van der Waals surface area contributed by atoms with Crippen LogP contribution in [-0.2, 0) is 17.1 Å². The van der Waals surface area contributed by atoms with E-state index in [9.17, 15) is 4.79 Å². The van der Waals surface area contributed by atoms with Crippen molar-refractivity contribution < 1.29 is 21.9 Å². The molecule has 0 N–H and O–H groups in total. The first-order chi connectivity index (χ1) is 5.93. The van der Waals surface area contributed by atoms with Gasteiger partial charge < -0.3 is 11.7 Å². The molecule has 1 aromatic rings. The topological polar surface area (TPSA) is 17.1 Å². The summed E-state index contributed by atoms with van der Waals surface area (Å²) in [4.78, 5) is 9.98. The first-order valence-electron chi connectivity index (χ1n) is 4.21. The van der Waals surface area contributed by atoms with Crippen LogP contribution in [-0.4, -0.2) is 6.29 Å². The van der Waals surface area contributed by atoms with E-state index in [2.05, 4.69) is 33.8 Å². The second-order valence-corrected chi connectivity index (χ2v) is 4.00. The van der Waals surface area contributed by atoms with Crippen LogP contribution in [0.15, 0.2) is 24.3 Å². The fourth-order valence-electron chi connectivity index (χ4n) is 0.481. The zero-order valence-electron chi connectivity index (χ0n) is 8.80. The zero-order chi connectivity index (χ0) is 10.3. The molecule has 0 aliphatic carbocycles. The van der Waals surface area contributed by atoms with Crippen LogP contribution in [0, 0.1) is 18.4 Å². The Hall–Kier alpha value is -0.591. The van der Waals surface area contributed by atoms with Crippen LogP contribution >= 0.6 is 0 Å². The van der Waals surface area contributed by atoms with E-state index in [4.69, 9.17) is 0 Å². The van der Waals surface area contributed by atoms with Crippen molar-refractivity contribution in [2.45, 2.75) is 20.8 Å². The molecule has 14 heavy (non-hydrogen) atoms. The number of benzene rings is 1. The monoisotopic (exact) mass is 239 g/mol. The van der Waals surface area contributed by atoms with E-state index in [0.717, 1.165) is 6.29 Å². The Balaban J connectivity index is 0. The van der Waals surface area contributed by atoms with Crippen molar-refractivity contribution in [2.75, 3.05) is 0 Å². The van der Waals surface area contributed by atoms with Crippen molar-refractivity contribution in [1.29, 1.82) is 0 Å². The maximum absolute atomic E-state index is 9.98. The van der Waals surface area contributed by atoms with Crippen LogP contribution < -0.4 is 0 Å². The van der Waals surface area contributed by atoms with Gasteiger partial charge >= 0.3 is 17.1 Å². The van der Waals surface area contributed by atoms with Gasteiger partial charge in [0.2, 0.25) is 0 Å². The van der Waals surface area contributed by atoms with Gasteiger partial charge in [0.1, 0.15) is 0 Å². The summed E-state index contributed by atoms with van der Waals surface area (Å²) in [6.07, 6.45) is 0.778. The maximum Gasteiger partial charge on any atom is 2.00 e. The Labute approximate surface area is 97.4 Å². The number of carbonyl (C=O) groups excluding carboxylic acids is 1. The van der Waals surface area contributed by atoms with Crippen molar-refractivity contribution in [3.8, 4) is 0 Å². The SMILES string of the molecule is O=Cc1[c-]cccc1.[CH2-]C(C)(C)C.[Cu+2]. The number of hydrogen-bond acceptors (Lipinski definition) is 1. The molecule has 1 nitrogen and oxygen atoms in total. The number of rotatable bonds is 1. The van der Waals surface area contributed by atoms with Crippen LogP contribution in [0.3, 0.4) is 0 Å². The summed E-state index contributed by atoms with van der Waals surface area (Å²) in [5, 5.41) is 0. The maximum atomic E-state index is 9.98. The third-order valence-corrected chi connectivity index (χ3v) is 0.860. The van der Waals surface area contributed by atoms with E-state index < -0.39 is 0 Å². The summed E-state index contributed by atoms with van der Waals surface area (Å²) < 4.78 is 0. The Morgan fingerprint density at radius 3 is 2.07 bits per heavy atom. The minimum absolute atomic E-state index is 0. The second kappa shape index (κ2) is 7.78. The first-order valence-corrected chi connectivity index (χ1v) is 4.21. The Morgan fingerprint density at radius 2 is 1.86 bits per heavy atom. The van der Waals surface area contributed by atoms with Crippen molar-refractivity contribution in [3.63, 3.8) is 0 Å². The molecule has 1 rings (SSSR count). The molecular weight excluding hydrogens is 224 g/mol. The van der Waals surface area contributed by atoms with Gasteiger partial charge in [0.15, 0.2) is 0 Å². The largest absolute Gasteiger partial charge is 2.00 e. The summed E-state index contributed by atoms with van der Waals surface area (Å²) in [6.45, 7) is 10.0. The Morgan fingerprint density at radius 1 is 1.36 bits per heavy atom.